The molecule has 3 heteroatoms. The number of anilines is 2. The van der Waals surface area contributed by atoms with E-state index in [2.05, 4.69) is 199 Å². The fraction of sp³-hybridized carbons (Fsp3) is 0.120. The molecule has 7 aromatic carbocycles. The Kier molecular flexibility index (Phi) is 6.59. The highest BCUT2D eigenvalue weighted by Crippen LogP contribution is 2.61. The van der Waals surface area contributed by atoms with E-state index in [1.165, 1.54) is 97.2 Å². The number of benzene rings is 7. The van der Waals surface area contributed by atoms with E-state index < -0.39 is 0 Å². The molecule has 2 aliphatic carbocycles. The lowest BCUT2D eigenvalue weighted by Crippen LogP contribution is -2.34. The smallest absolute Gasteiger partial charge is 0.0727 e. The molecule has 0 bridgehead atoms. The van der Waals surface area contributed by atoms with Crippen molar-refractivity contribution in [3.8, 4) is 32.7 Å². The van der Waals surface area contributed by atoms with Crippen molar-refractivity contribution in [3.05, 3.63) is 184 Å². The second-order valence-corrected chi connectivity index (χ2v) is 17.5. The van der Waals surface area contributed by atoms with Gasteiger partial charge in [0.25, 0.3) is 0 Å². The fourth-order valence-corrected chi connectivity index (χ4v) is 11.8. The topological polar surface area (TPSA) is 3.24 Å². The van der Waals surface area contributed by atoms with Crippen LogP contribution in [0.5, 0.6) is 0 Å². The summed E-state index contributed by atoms with van der Waals surface area (Å²) >= 11 is 5.89. The maximum absolute atomic E-state index is 4.01. The predicted octanol–water partition coefficient (Wildman–Crippen LogP) is 14.6. The molecule has 53 heavy (non-hydrogen) atoms. The SMILES string of the molecule is CC1(C)c2ccccc2-c2ccc(N3c4ccc(-c5ccc6c(Br)c(-c7cccc8ccccc78)sc6c5)cc4C4(C)C=Cc5ccccc5C34)cc21. The Balaban J connectivity index is 1.06. The van der Waals surface area contributed by atoms with Crippen molar-refractivity contribution in [1.29, 1.82) is 0 Å². The maximum atomic E-state index is 4.01. The van der Waals surface area contributed by atoms with Gasteiger partial charge in [0.1, 0.15) is 0 Å². The molecule has 1 aromatic heterocycles. The number of nitrogens with zero attached hydrogens (tertiary/aromatic N) is 1. The highest BCUT2D eigenvalue weighted by atomic mass is 79.9. The summed E-state index contributed by atoms with van der Waals surface area (Å²) in [6, 6.07) is 54.7. The highest BCUT2D eigenvalue weighted by Gasteiger charge is 2.50. The van der Waals surface area contributed by atoms with Crippen molar-refractivity contribution in [2.24, 2.45) is 0 Å². The van der Waals surface area contributed by atoms with Gasteiger partial charge in [-0.05, 0) is 114 Å². The van der Waals surface area contributed by atoms with E-state index in [9.17, 15) is 0 Å². The Morgan fingerprint density at radius 1 is 0.604 bits per heavy atom. The van der Waals surface area contributed by atoms with Crippen molar-refractivity contribution in [2.75, 3.05) is 4.90 Å². The van der Waals surface area contributed by atoms with Gasteiger partial charge in [0.05, 0.1) is 10.9 Å². The minimum Gasteiger partial charge on any atom is -0.332 e. The Labute approximate surface area is 323 Å². The molecule has 0 saturated carbocycles. The van der Waals surface area contributed by atoms with Gasteiger partial charge in [-0.1, -0.05) is 141 Å². The molecule has 0 fully saturated rings. The lowest BCUT2D eigenvalue weighted by molar-refractivity contribution is 0.498. The van der Waals surface area contributed by atoms with Crippen molar-refractivity contribution in [3.63, 3.8) is 0 Å². The van der Waals surface area contributed by atoms with Gasteiger partial charge in [0.15, 0.2) is 0 Å². The summed E-state index contributed by atoms with van der Waals surface area (Å²) in [5.41, 5.74) is 15.6. The van der Waals surface area contributed by atoms with Gasteiger partial charge in [-0.25, -0.2) is 0 Å². The number of fused-ring (bicyclic) bond motifs is 10. The van der Waals surface area contributed by atoms with Gasteiger partial charge < -0.3 is 4.90 Å². The molecule has 0 N–H and O–H groups in total. The molecule has 11 rings (SSSR count). The van der Waals surface area contributed by atoms with E-state index in [4.69, 9.17) is 0 Å². The highest BCUT2D eigenvalue weighted by molar-refractivity contribution is 9.10. The molecule has 3 aliphatic rings. The molecule has 2 heterocycles. The van der Waals surface area contributed by atoms with E-state index in [-0.39, 0.29) is 16.9 Å². The molecule has 8 aromatic rings. The molecule has 1 nitrogen and oxygen atoms in total. The number of halogens is 1. The quantitative estimate of drug-likeness (QED) is 0.173. The average molecular weight is 763 g/mol. The number of rotatable bonds is 3. The summed E-state index contributed by atoms with van der Waals surface area (Å²) in [7, 11) is 0. The first-order valence-electron chi connectivity index (χ1n) is 18.5. The molecule has 0 radical (unpaired) electrons. The zero-order valence-electron chi connectivity index (χ0n) is 29.8. The summed E-state index contributed by atoms with van der Waals surface area (Å²) < 4.78 is 2.46. The van der Waals surface area contributed by atoms with Gasteiger partial charge in [0, 0.05) is 42.3 Å². The number of hydrogen-bond acceptors (Lipinski definition) is 2. The lowest BCUT2D eigenvalue weighted by Gasteiger charge is -2.39. The first kappa shape index (κ1) is 31.3. The Bertz CT molecular complexity index is 2870. The zero-order valence-corrected chi connectivity index (χ0v) is 32.2. The van der Waals surface area contributed by atoms with Crippen LogP contribution in [0.1, 0.15) is 54.6 Å². The van der Waals surface area contributed by atoms with Gasteiger partial charge in [-0.2, -0.15) is 0 Å². The van der Waals surface area contributed by atoms with Crippen molar-refractivity contribution >= 4 is 65.6 Å². The second kappa shape index (κ2) is 11.1. The third-order valence-corrected chi connectivity index (χ3v) is 14.7. The number of hydrogen-bond donors (Lipinski definition) is 0. The van der Waals surface area contributed by atoms with Crippen LogP contribution in [-0.2, 0) is 10.8 Å². The zero-order chi connectivity index (χ0) is 35.6. The van der Waals surface area contributed by atoms with E-state index in [0.29, 0.717) is 0 Å². The lowest BCUT2D eigenvalue weighted by atomic mass is 9.71. The van der Waals surface area contributed by atoms with E-state index in [1.807, 2.05) is 11.3 Å². The Morgan fingerprint density at radius 2 is 1.34 bits per heavy atom. The molecule has 254 valence electrons. The van der Waals surface area contributed by atoms with Crippen LogP contribution in [0.4, 0.5) is 11.4 Å². The minimum atomic E-state index is -0.214. The monoisotopic (exact) mass is 761 g/mol. The number of thiophene rings is 1. The average Bonchev–Trinajstić information content (AvgIpc) is 3.75. The first-order valence-corrected chi connectivity index (χ1v) is 20.1. The molecule has 0 amide bonds. The van der Waals surface area contributed by atoms with Crippen molar-refractivity contribution < 1.29 is 0 Å². The van der Waals surface area contributed by atoms with Crippen LogP contribution >= 0.6 is 27.3 Å². The second-order valence-electron chi connectivity index (χ2n) is 15.6. The van der Waals surface area contributed by atoms with Crippen LogP contribution in [0, 0.1) is 0 Å². The molecule has 2 unspecified atom stereocenters. The largest absolute Gasteiger partial charge is 0.332 e. The Morgan fingerprint density at radius 3 is 2.26 bits per heavy atom. The molecule has 1 aliphatic heterocycles. The van der Waals surface area contributed by atoms with Crippen LogP contribution in [-0.4, -0.2) is 0 Å². The van der Waals surface area contributed by atoms with Crippen LogP contribution < -0.4 is 4.90 Å². The van der Waals surface area contributed by atoms with Gasteiger partial charge in [0.2, 0.25) is 0 Å². The summed E-state index contributed by atoms with van der Waals surface area (Å²) in [4.78, 5) is 3.91. The molecular weight excluding hydrogens is 727 g/mol. The van der Waals surface area contributed by atoms with Crippen molar-refractivity contribution in [2.45, 2.75) is 37.6 Å². The van der Waals surface area contributed by atoms with Crippen LogP contribution in [0.15, 0.2) is 156 Å². The first-order chi connectivity index (χ1) is 25.8. The van der Waals surface area contributed by atoms with Gasteiger partial charge in [-0.3, -0.25) is 0 Å². The normalized spacial score (nSPS) is 18.9. The summed E-state index contributed by atoms with van der Waals surface area (Å²) in [6.45, 7) is 7.20. The van der Waals surface area contributed by atoms with Crippen LogP contribution in [0.25, 0.3) is 59.6 Å². The molecule has 0 saturated heterocycles. The molecule has 2 atom stereocenters. The van der Waals surface area contributed by atoms with E-state index in [0.717, 1.165) is 0 Å². The van der Waals surface area contributed by atoms with Crippen LogP contribution in [0.3, 0.4) is 0 Å². The molecular formula is C50H36BrNS. The van der Waals surface area contributed by atoms with Crippen molar-refractivity contribution in [1.82, 2.24) is 0 Å². The maximum Gasteiger partial charge on any atom is 0.0727 e. The fourth-order valence-electron chi connectivity index (χ4n) is 9.70. The summed E-state index contributed by atoms with van der Waals surface area (Å²) in [5.74, 6) is 0. The van der Waals surface area contributed by atoms with Gasteiger partial charge >= 0.3 is 0 Å². The molecule has 0 spiro atoms. The van der Waals surface area contributed by atoms with E-state index >= 15 is 0 Å². The third kappa shape index (κ3) is 4.35. The standard InChI is InChI=1S/C50H36BrNS/c1-49(2)41-18-9-8-16-37(41)38-23-21-34(29-42(38)49)52-44-24-20-32(27-43(44)50(3)26-25-31-12-5-7-15-36(31)48(50)52)33-19-22-40-45(28-33)53-47(46(40)51)39-17-10-13-30-11-4-6-14-35(30)39/h4-29,48H,1-3H3. The van der Waals surface area contributed by atoms with Gasteiger partial charge in [-0.15, -0.1) is 11.3 Å². The minimum absolute atomic E-state index is 0.0646. The summed E-state index contributed by atoms with van der Waals surface area (Å²) in [6.07, 6.45) is 4.81. The van der Waals surface area contributed by atoms with Crippen LogP contribution in [0.2, 0.25) is 0 Å². The van der Waals surface area contributed by atoms with E-state index in [1.54, 1.807) is 0 Å². The Hall–Kier alpha value is -5.22. The predicted molar refractivity (Wildman–Crippen MR) is 230 cm³/mol. The summed E-state index contributed by atoms with van der Waals surface area (Å²) in [5, 5.41) is 3.81. The third-order valence-electron chi connectivity index (χ3n) is 12.4.